The van der Waals surface area contributed by atoms with Crippen LogP contribution in [-0.4, -0.2) is 24.7 Å². The molecule has 2 aromatic rings. The van der Waals surface area contributed by atoms with Gasteiger partial charge in [0.1, 0.15) is 35.9 Å². The van der Waals surface area contributed by atoms with E-state index in [9.17, 15) is 5.26 Å². The normalized spacial score (nSPS) is 14.3. The molecule has 1 aliphatic heterocycles. The number of ether oxygens (including phenoxy) is 2. The third kappa shape index (κ3) is 3.66. The number of aliphatic imine (C=N–C) groups is 1. The van der Waals surface area contributed by atoms with Gasteiger partial charge in [-0.15, -0.1) is 0 Å². The number of rotatable bonds is 5. The molecular weight excluding hydrogens is 452 g/mol. The molecule has 11 heteroatoms. The molecule has 0 bridgehead atoms. The summed E-state index contributed by atoms with van der Waals surface area (Å²) >= 11 is 3.49. The maximum Gasteiger partial charge on any atom is 0.211 e. The van der Waals surface area contributed by atoms with Crippen molar-refractivity contribution in [1.29, 1.82) is 10.5 Å². The smallest absolute Gasteiger partial charge is 0.211 e. The molecule has 0 amide bonds. The van der Waals surface area contributed by atoms with Crippen LogP contribution in [-0.2, 0) is 0 Å². The summed E-state index contributed by atoms with van der Waals surface area (Å²) in [5.41, 5.74) is 13.4. The number of methoxy groups -OCH3 is 1. The van der Waals surface area contributed by atoms with Gasteiger partial charge in [-0.25, -0.2) is 9.98 Å². The van der Waals surface area contributed by atoms with Crippen molar-refractivity contribution in [2.24, 2.45) is 4.99 Å². The van der Waals surface area contributed by atoms with Crippen LogP contribution in [0.5, 0.6) is 11.5 Å². The van der Waals surface area contributed by atoms with Crippen LogP contribution in [0.15, 0.2) is 34.3 Å². The predicted molar refractivity (Wildman–Crippen MR) is 116 cm³/mol. The summed E-state index contributed by atoms with van der Waals surface area (Å²) in [4.78, 5) is 8.76. The fraction of sp³-hybridized carbons (Fsp3) is 0.158. The minimum atomic E-state index is -0.698. The van der Waals surface area contributed by atoms with Crippen molar-refractivity contribution in [2.75, 3.05) is 30.5 Å². The highest BCUT2D eigenvalue weighted by Gasteiger charge is 2.30. The first-order chi connectivity index (χ1) is 14.4. The Labute approximate surface area is 180 Å². The van der Waals surface area contributed by atoms with Crippen LogP contribution in [0.1, 0.15) is 22.7 Å². The number of aromatic nitrogens is 1. The van der Waals surface area contributed by atoms with Crippen molar-refractivity contribution in [1.82, 2.24) is 10.3 Å². The summed E-state index contributed by atoms with van der Waals surface area (Å²) in [6, 6.07) is 4.79. The van der Waals surface area contributed by atoms with E-state index >= 15 is 0 Å². The average molecular weight is 469 g/mol. The summed E-state index contributed by atoms with van der Waals surface area (Å²) < 4.78 is 11.8. The third-order valence-corrected chi connectivity index (χ3v) is 4.86. The summed E-state index contributed by atoms with van der Waals surface area (Å²) in [6.07, 6.45) is 3.43. The molecule has 3 rings (SSSR count). The number of anilines is 3. The zero-order valence-electron chi connectivity index (χ0n) is 15.9. The monoisotopic (exact) mass is 468 g/mol. The zero-order chi connectivity index (χ0) is 21.8. The van der Waals surface area contributed by atoms with E-state index in [1.165, 1.54) is 7.11 Å². The minimum Gasteiger partial charge on any atom is -0.493 e. The lowest BCUT2D eigenvalue weighted by Crippen LogP contribution is -2.32. The van der Waals surface area contributed by atoms with E-state index in [0.717, 1.165) is 0 Å². The first kappa shape index (κ1) is 20.8. The Kier molecular flexibility index (Phi) is 5.95. The molecule has 1 unspecified atom stereocenters. The van der Waals surface area contributed by atoms with Crippen LogP contribution in [0.25, 0.3) is 0 Å². The second-order valence-electron chi connectivity index (χ2n) is 6.04. The lowest BCUT2D eigenvalue weighted by molar-refractivity contribution is 0.324. The maximum atomic E-state index is 9.43. The Morgan fingerprint density at radius 2 is 2.17 bits per heavy atom. The van der Waals surface area contributed by atoms with Gasteiger partial charge in [0.05, 0.1) is 17.3 Å². The summed E-state index contributed by atoms with van der Waals surface area (Å²) in [5.74, 6) is 1.38. The number of pyridine rings is 1. The van der Waals surface area contributed by atoms with E-state index < -0.39 is 6.04 Å². The molecule has 1 atom stereocenters. The molecule has 0 spiro atoms. The molecule has 0 radical (unpaired) electrons. The number of nitrogens with one attached hydrogen (secondary N) is 2. The number of nitriles is 2. The first-order valence-electron chi connectivity index (χ1n) is 8.55. The Morgan fingerprint density at radius 3 is 2.80 bits per heavy atom. The van der Waals surface area contributed by atoms with Gasteiger partial charge in [0.25, 0.3) is 0 Å². The zero-order valence-corrected chi connectivity index (χ0v) is 17.4. The standard InChI is InChI=1S/C19H17BrN8O2/c1-3-4-30-16-11(20)5-9(6-12(16)29-2)15-13-14(23)10(7-21)17(24)27-18(13)28-19(26-15)25-8-22/h3,5-6,15H,1,4H2,2H3,(H6,23,24,25,26,27,28). The number of halogens is 1. The number of fused-ring (bicyclic) bond motifs is 1. The van der Waals surface area contributed by atoms with Crippen LogP contribution >= 0.6 is 15.9 Å². The minimum absolute atomic E-state index is 0.0230. The molecule has 152 valence electrons. The van der Waals surface area contributed by atoms with Crippen LogP contribution in [0.2, 0.25) is 0 Å². The predicted octanol–water partition coefficient (Wildman–Crippen LogP) is 2.40. The highest BCUT2D eigenvalue weighted by molar-refractivity contribution is 9.10. The highest BCUT2D eigenvalue weighted by Crippen LogP contribution is 2.44. The van der Waals surface area contributed by atoms with Crippen molar-refractivity contribution < 1.29 is 9.47 Å². The number of guanidine groups is 1. The van der Waals surface area contributed by atoms with Crippen LogP contribution in [0, 0.1) is 22.8 Å². The Bertz CT molecular complexity index is 1130. The molecule has 10 nitrogen and oxygen atoms in total. The van der Waals surface area contributed by atoms with Gasteiger partial charge >= 0.3 is 0 Å². The molecule has 30 heavy (non-hydrogen) atoms. The van der Waals surface area contributed by atoms with Crippen LogP contribution < -0.4 is 31.6 Å². The van der Waals surface area contributed by atoms with Crippen LogP contribution in [0.3, 0.4) is 0 Å². The van der Waals surface area contributed by atoms with E-state index in [4.69, 9.17) is 26.2 Å². The summed E-state index contributed by atoms with van der Waals surface area (Å²) in [7, 11) is 1.51. The molecule has 1 aromatic carbocycles. The lowest BCUT2D eigenvalue weighted by atomic mass is 9.95. The second kappa shape index (κ2) is 8.59. The summed E-state index contributed by atoms with van der Waals surface area (Å²) in [6.45, 7) is 3.93. The lowest BCUT2D eigenvalue weighted by Gasteiger charge is -2.27. The van der Waals surface area contributed by atoms with Gasteiger partial charge in [-0.1, -0.05) is 12.7 Å². The van der Waals surface area contributed by atoms with Crippen molar-refractivity contribution >= 4 is 39.2 Å². The Hall–Kier alpha value is -3.96. The van der Waals surface area contributed by atoms with Crippen molar-refractivity contribution in [3.63, 3.8) is 0 Å². The molecule has 6 N–H and O–H groups in total. The van der Waals surface area contributed by atoms with Gasteiger partial charge in [-0.05, 0) is 33.6 Å². The number of benzene rings is 1. The quantitative estimate of drug-likeness (QED) is 0.292. The van der Waals surface area contributed by atoms with Gasteiger partial charge in [0, 0.05) is 5.56 Å². The highest BCUT2D eigenvalue weighted by atomic mass is 79.9. The maximum absolute atomic E-state index is 9.43. The van der Waals surface area contributed by atoms with Gasteiger partial charge in [-0.2, -0.15) is 10.5 Å². The van der Waals surface area contributed by atoms with E-state index in [1.54, 1.807) is 18.2 Å². The van der Waals surface area contributed by atoms with Crippen molar-refractivity contribution in [3.05, 3.63) is 46.0 Å². The molecule has 1 aliphatic rings. The van der Waals surface area contributed by atoms with E-state index in [2.05, 4.69) is 43.1 Å². The van der Waals surface area contributed by atoms with E-state index in [0.29, 0.717) is 39.5 Å². The number of nitrogen functional groups attached to an aromatic ring is 2. The Balaban J connectivity index is 2.23. The Morgan fingerprint density at radius 1 is 1.40 bits per heavy atom. The van der Waals surface area contributed by atoms with Gasteiger partial charge in [-0.3, -0.25) is 5.32 Å². The number of nitrogens with zero attached hydrogens (tertiary/aromatic N) is 4. The van der Waals surface area contributed by atoms with Gasteiger partial charge < -0.3 is 26.3 Å². The molecule has 0 aliphatic carbocycles. The fourth-order valence-electron chi connectivity index (χ4n) is 3.00. The molecular formula is C19H17BrN8O2. The van der Waals surface area contributed by atoms with Crippen LogP contribution in [0.4, 0.5) is 17.3 Å². The van der Waals surface area contributed by atoms with Crippen molar-refractivity contribution in [2.45, 2.75) is 6.04 Å². The summed E-state index contributed by atoms with van der Waals surface area (Å²) in [5, 5.41) is 23.8. The van der Waals surface area contributed by atoms with Crippen molar-refractivity contribution in [3.8, 4) is 23.8 Å². The number of hydrogen-bond acceptors (Lipinski definition) is 10. The van der Waals surface area contributed by atoms with Gasteiger partial charge in [0.15, 0.2) is 17.7 Å². The van der Waals surface area contributed by atoms with E-state index in [-0.39, 0.29) is 23.0 Å². The van der Waals surface area contributed by atoms with E-state index in [1.807, 2.05) is 12.3 Å². The topological polar surface area (TPSA) is 167 Å². The SMILES string of the molecule is C=CCOc1c(Br)cc(C2N=C(NC#N)Nc3nc(N)c(C#N)c(N)c32)cc1OC. The molecule has 2 heterocycles. The molecule has 0 saturated heterocycles. The van der Waals surface area contributed by atoms with Gasteiger partial charge in [0.2, 0.25) is 5.96 Å². The largest absolute Gasteiger partial charge is 0.493 e. The molecule has 0 saturated carbocycles. The third-order valence-electron chi connectivity index (χ3n) is 4.27. The first-order valence-corrected chi connectivity index (χ1v) is 9.34. The number of hydrogen-bond donors (Lipinski definition) is 4. The molecule has 0 fully saturated rings. The molecule has 1 aromatic heterocycles. The number of nitrogens with two attached hydrogens (primary N) is 2. The second-order valence-corrected chi connectivity index (χ2v) is 6.89. The average Bonchev–Trinajstić information content (AvgIpc) is 2.72. The fourth-order valence-corrected chi connectivity index (χ4v) is 3.58.